The standard InChI is InChI=1S/C21H27NO3/c1-4-17-7-11-19(12-8-17)24-15-5-6-21(23)22-18-9-13-20(14-10-18)25-16(2)3/h7-14,16H,4-6,15H2,1-3H3,(H,22,23). The lowest BCUT2D eigenvalue weighted by atomic mass is 10.2. The number of ether oxygens (including phenoxy) is 2. The molecule has 0 bridgehead atoms. The van der Waals surface area contributed by atoms with E-state index in [1.165, 1.54) is 5.56 Å². The monoisotopic (exact) mass is 341 g/mol. The quantitative estimate of drug-likeness (QED) is 0.664. The third-order valence-electron chi connectivity index (χ3n) is 3.66. The Morgan fingerprint density at radius 3 is 2.24 bits per heavy atom. The zero-order valence-electron chi connectivity index (χ0n) is 15.2. The molecule has 4 heteroatoms. The maximum Gasteiger partial charge on any atom is 0.224 e. The first-order valence-electron chi connectivity index (χ1n) is 8.85. The molecule has 1 N–H and O–H groups in total. The van der Waals surface area contributed by atoms with Gasteiger partial charge in [-0.3, -0.25) is 4.79 Å². The van der Waals surface area contributed by atoms with Crippen molar-refractivity contribution in [3.63, 3.8) is 0 Å². The average molecular weight is 341 g/mol. The minimum atomic E-state index is -0.0116. The van der Waals surface area contributed by atoms with Crippen molar-refractivity contribution >= 4 is 11.6 Å². The second-order valence-electron chi connectivity index (χ2n) is 6.19. The smallest absolute Gasteiger partial charge is 0.224 e. The number of hydrogen-bond donors (Lipinski definition) is 1. The average Bonchev–Trinajstić information content (AvgIpc) is 2.60. The van der Waals surface area contributed by atoms with Crippen molar-refractivity contribution in [2.75, 3.05) is 11.9 Å². The van der Waals surface area contributed by atoms with Crippen LogP contribution in [0.4, 0.5) is 5.69 Å². The van der Waals surface area contributed by atoms with Crippen LogP contribution in [0.3, 0.4) is 0 Å². The number of hydrogen-bond acceptors (Lipinski definition) is 3. The highest BCUT2D eigenvalue weighted by Crippen LogP contribution is 2.17. The van der Waals surface area contributed by atoms with Gasteiger partial charge in [-0.05, 0) is 68.7 Å². The fraction of sp³-hybridized carbons (Fsp3) is 0.381. The van der Waals surface area contributed by atoms with Gasteiger partial charge >= 0.3 is 0 Å². The Balaban J connectivity index is 1.67. The van der Waals surface area contributed by atoms with Gasteiger partial charge in [-0.25, -0.2) is 0 Å². The predicted molar refractivity (Wildman–Crippen MR) is 101 cm³/mol. The molecule has 2 aromatic carbocycles. The summed E-state index contributed by atoms with van der Waals surface area (Å²) in [7, 11) is 0. The van der Waals surface area contributed by atoms with E-state index in [2.05, 4.69) is 24.4 Å². The van der Waals surface area contributed by atoms with E-state index in [1.54, 1.807) is 0 Å². The highest BCUT2D eigenvalue weighted by atomic mass is 16.5. The Labute approximate surface area is 150 Å². The number of carbonyl (C=O) groups is 1. The van der Waals surface area contributed by atoms with Gasteiger partial charge in [-0.1, -0.05) is 19.1 Å². The number of nitrogens with one attached hydrogen (secondary N) is 1. The summed E-state index contributed by atoms with van der Waals surface area (Å²) >= 11 is 0. The normalized spacial score (nSPS) is 10.6. The third kappa shape index (κ3) is 6.87. The summed E-state index contributed by atoms with van der Waals surface area (Å²) < 4.78 is 11.2. The number of anilines is 1. The molecule has 1 amide bonds. The molecule has 0 aliphatic carbocycles. The molecule has 4 nitrogen and oxygen atoms in total. The first kappa shape index (κ1) is 18.8. The molecule has 0 unspecified atom stereocenters. The largest absolute Gasteiger partial charge is 0.494 e. The summed E-state index contributed by atoms with van der Waals surface area (Å²) in [6.45, 7) is 6.62. The van der Waals surface area contributed by atoms with Gasteiger partial charge < -0.3 is 14.8 Å². The van der Waals surface area contributed by atoms with Gasteiger partial charge in [0.2, 0.25) is 5.91 Å². The summed E-state index contributed by atoms with van der Waals surface area (Å²) in [4.78, 5) is 12.0. The van der Waals surface area contributed by atoms with Gasteiger partial charge in [0.05, 0.1) is 12.7 Å². The van der Waals surface area contributed by atoms with Crippen LogP contribution >= 0.6 is 0 Å². The van der Waals surface area contributed by atoms with E-state index in [0.29, 0.717) is 19.4 Å². The van der Waals surface area contributed by atoms with E-state index in [1.807, 2.05) is 50.2 Å². The molecule has 0 aliphatic rings. The Hall–Kier alpha value is -2.49. The molecule has 0 fully saturated rings. The van der Waals surface area contributed by atoms with Gasteiger partial charge in [0, 0.05) is 12.1 Å². The van der Waals surface area contributed by atoms with Crippen LogP contribution in [0.2, 0.25) is 0 Å². The molecule has 0 heterocycles. The summed E-state index contributed by atoms with van der Waals surface area (Å²) in [6.07, 6.45) is 2.26. The van der Waals surface area contributed by atoms with Gasteiger partial charge in [-0.2, -0.15) is 0 Å². The van der Waals surface area contributed by atoms with E-state index >= 15 is 0 Å². The molecular weight excluding hydrogens is 314 g/mol. The Morgan fingerprint density at radius 1 is 1.00 bits per heavy atom. The molecule has 0 atom stereocenters. The van der Waals surface area contributed by atoms with Crippen LogP contribution in [0, 0.1) is 0 Å². The maximum atomic E-state index is 12.0. The fourth-order valence-corrected chi connectivity index (χ4v) is 2.36. The van der Waals surface area contributed by atoms with Crippen molar-refractivity contribution in [2.45, 2.75) is 46.1 Å². The molecule has 0 radical (unpaired) electrons. The Bertz CT molecular complexity index is 648. The lowest BCUT2D eigenvalue weighted by Crippen LogP contribution is -2.13. The van der Waals surface area contributed by atoms with Crippen LogP contribution in [-0.2, 0) is 11.2 Å². The molecule has 25 heavy (non-hydrogen) atoms. The predicted octanol–water partition coefficient (Wildman–Crippen LogP) is 4.83. The zero-order chi connectivity index (χ0) is 18.1. The molecule has 0 spiro atoms. The minimum Gasteiger partial charge on any atom is -0.494 e. The van der Waals surface area contributed by atoms with E-state index in [4.69, 9.17) is 9.47 Å². The van der Waals surface area contributed by atoms with Crippen molar-refractivity contribution in [1.82, 2.24) is 0 Å². The van der Waals surface area contributed by atoms with Crippen LogP contribution in [0.5, 0.6) is 11.5 Å². The Morgan fingerprint density at radius 2 is 1.64 bits per heavy atom. The van der Waals surface area contributed by atoms with Crippen LogP contribution in [0.15, 0.2) is 48.5 Å². The highest BCUT2D eigenvalue weighted by molar-refractivity contribution is 5.90. The number of carbonyl (C=O) groups excluding carboxylic acids is 1. The first-order valence-corrected chi connectivity index (χ1v) is 8.85. The van der Waals surface area contributed by atoms with E-state index in [0.717, 1.165) is 23.6 Å². The molecular formula is C21H27NO3. The molecule has 134 valence electrons. The molecule has 2 aromatic rings. The second kappa shape index (κ2) is 9.72. The fourth-order valence-electron chi connectivity index (χ4n) is 2.36. The molecule has 0 aliphatic heterocycles. The van der Waals surface area contributed by atoms with Crippen molar-refractivity contribution in [3.05, 3.63) is 54.1 Å². The van der Waals surface area contributed by atoms with Gasteiger partial charge in [0.25, 0.3) is 0 Å². The molecule has 2 rings (SSSR count). The van der Waals surface area contributed by atoms with E-state index in [9.17, 15) is 4.79 Å². The van der Waals surface area contributed by atoms with E-state index in [-0.39, 0.29) is 12.0 Å². The maximum absolute atomic E-state index is 12.0. The molecule has 0 saturated carbocycles. The van der Waals surface area contributed by atoms with Crippen molar-refractivity contribution in [3.8, 4) is 11.5 Å². The van der Waals surface area contributed by atoms with Crippen LogP contribution in [0.1, 0.15) is 39.2 Å². The number of rotatable bonds is 9. The third-order valence-corrected chi connectivity index (χ3v) is 3.66. The van der Waals surface area contributed by atoms with Crippen molar-refractivity contribution in [2.24, 2.45) is 0 Å². The summed E-state index contributed by atoms with van der Waals surface area (Å²) in [5.74, 6) is 1.64. The molecule has 0 aromatic heterocycles. The number of benzene rings is 2. The summed E-state index contributed by atoms with van der Waals surface area (Å²) in [6, 6.07) is 15.5. The van der Waals surface area contributed by atoms with E-state index < -0.39 is 0 Å². The number of aryl methyl sites for hydroxylation is 1. The highest BCUT2D eigenvalue weighted by Gasteiger charge is 2.04. The number of amides is 1. The van der Waals surface area contributed by atoms with Crippen molar-refractivity contribution < 1.29 is 14.3 Å². The SMILES string of the molecule is CCc1ccc(OCCCC(=O)Nc2ccc(OC(C)C)cc2)cc1. The summed E-state index contributed by atoms with van der Waals surface area (Å²) in [5, 5.41) is 2.89. The molecule has 0 saturated heterocycles. The van der Waals surface area contributed by atoms with Gasteiger partial charge in [-0.15, -0.1) is 0 Å². The van der Waals surface area contributed by atoms with Gasteiger partial charge in [0.15, 0.2) is 0 Å². The van der Waals surface area contributed by atoms with Crippen LogP contribution in [-0.4, -0.2) is 18.6 Å². The summed E-state index contributed by atoms with van der Waals surface area (Å²) in [5.41, 5.74) is 2.06. The van der Waals surface area contributed by atoms with Crippen molar-refractivity contribution in [1.29, 1.82) is 0 Å². The van der Waals surface area contributed by atoms with Gasteiger partial charge in [0.1, 0.15) is 11.5 Å². The van der Waals surface area contributed by atoms with Crippen LogP contribution in [0.25, 0.3) is 0 Å². The lowest BCUT2D eigenvalue weighted by Gasteiger charge is -2.11. The van der Waals surface area contributed by atoms with Crippen LogP contribution < -0.4 is 14.8 Å². The second-order valence-corrected chi connectivity index (χ2v) is 6.19. The Kier molecular flexibility index (Phi) is 7.33. The first-order chi connectivity index (χ1) is 12.1. The topological polar surface area (TPSA) is 47.6 Å². The zero-order valence-corrected chi connectivity index (χ0v) is 15.2. The lowest BCUT2D eigenvalue weighted by molar-refractivity contribution is -0.116. The minimum absolute atomic E-state index is 0.0116.